The number of rotatable bonds is 2. The van der Waals surface area contributed by atoms with Gasteiger partial charge in [0.15, 0.2) is 0 Å². The average molecular weight is 288 g/mol. The van der Waals surface area contributed by atoms with Crippen LogP contribution in [0.3, 0.4) is 0 Å². The van der Waals surface area contributed by atoms with Crippen LogP contribution in [0.15, 0.2) is 22.7 Å². The molecule has 1 aliphatic carbocycles. The Morgan fingerprint density at radius 1 is 1.56 bits per heavy atom. The summed E-state index contributed by atoms with van der Waals surface area (Å²) in [7, 11) is 0. The summed E-state index contributed by atoms with van der Waals surface area (Å²) in [5, 5.41) is 9.23. The van der Waals surface area contributed by atoms with Gasteiger partial charge in [-0.05, 0) is 34.8 Å². The second-order valence-corrected chi connectivity index (χ2v) is 5.01. The van der Waals surface area contributed by atoms with Crippen LogP contribution >= 0.6 is 15.9 Å². The minimum Gasteiger partial charge on any atom is -0.481 e. The van der Waals surface area contributed by atoms with E-state index in [1.807, 2.05) is 0 Å². The quantitative estimate of drug-likeness (QED) is 0.875. The first-order chi connectivity index (χ1) is 7.47. The van der Waals surface area contributed by atoms with Crippen LogP contribution in [0.25, 0.3) is 0 Å². The zero-order valence-corrected chi connectivity index (χ0v) is 10.00. The summed E-state index contributed by atoms with van der Waals surface area (Å²) in [6.45, 7) is 0. The Kier molecular flexibility index (Phi) is 2.75. The molecule has 0 unspecified atom stereocenters. The van der Waals surface area contributed by atoms with E-state index in [4.69, 9.17) is 5.73 Å². The molecule has 0 amide bonds. The van der Waals surface area contributed by atoms with Crippen LogP contribution in [-0.4, -0.2) is 17.1 Å². The molecule has 0 atom stereocenters. The summed E-state index contributed by atoms with van der Waals surface area (Å²) in [4.78, 5) is 11.3. The average Bonchev–Trinajstić information content (AvgIpc) is 2.17. The largest absolute Gasteiger partial charge is 0.481 e. The molecule has 1 fully saturated rings. The molecule has 16 heavy (non-hydrogen) atoms. The van der Waals surface area contributed by atoms with Crippen LogP contribution in [0.2, 0.25) is 0 Å². The fourth-order valence-corrected chi connectivity index (χ4v) is 2.58. The number of carbonyl (C=O) groups is 1. The first-order valence-corrected chi connectivity index (χ1v) is 5.70. The van der Waals surface area contributed by atoms with Crippen molar-refractivity contribution < 1.29 is 14.3 Å². The molecule has 1 aromatic carbocycles. The zero-order valence-electron chi connectivity index (χ0n) is 8.41. The SMILES string of the molecule is NC1CC(C(=O)O)(c2cccc(Br)c2F)C1. The molecule has 0 bridgehead atoms. The van der Waals surface area contributed by atoms with Crippen molar-refractivity contribution in [2.75, 3.05) is 0 Å². The van der Waals surface area contributed by atoms with Gasteiger partial charge in [-0.1, -0.05) is 12.1 Å². The molecule has 0 aliphatic heterocycles. The first-order valence-electron chi connectivity index (χ1n) is 4.91. The van der Waals surface area contributed by atoms with E-state index in [9.17, 15) is 14.3 Å². The summed E-state index contributed by atoms with van der Waals surface area (Å²) in [5.41, 5.74) is 4.69. The van der Waals surface area contributed by atoms with Crippen molar-refractivity contribution in [2.24, 2.45) is 5.73 Å². The van der Waals surface area contributed by atoms with Crippen molar-refractivity contribution >= 4 is 21.9 Å². The van der Waals surface area contributed by atoms with E-state index in [0.29, 0.717) is 0 Å². The smallest absolute Gasteiger partial charge is 0.314 e. The maximum absolute atomic E-state index is 13.9. The van der Waals surface area contributed by atoms with Gasteiger partial charge < -0.3 is 10.8 Å². The van der Waals surface area contributed by atoms with Gasteiger partial charge in [-0.25, -0.2) is 4.39 Å². The molecule has 86 valence electrons. The standard InChI is InChI=1S/C11H11BrFNO2/c12-8-3-1-2-7(9(8)13)11(10(15)16)4-6(14)5-11/h1-3,6H,4-5,14H2,(H,15,16). The Bertz CT molecular complexity index is 444. The lowest BCUT2D eigenvalue weighted by Gasteiger charge is -2.43. The summed E-state index contributed by atoms with van der Waals surface area (Å²) in [6, 6.07) is 4.54. The number of carboxylic acid groups (broad SMARTS) is 1. The maximum atomic E-state index is 13.9. The molecular formula is C11H11BrFNO2. The highest BCUT2D eigenvalue weighted by Gasteiger charge is 2.52. The number of aliphatic carboxylic acids is 1. The fraction of sp³-hybridized carbons (Fsp3) is 0.364. The second-order valence-electron chi connectivity index (χ2n) is 4.16. The highest BCUT2D eigenvalue weighted by Crippen LogP contribution is 2.45. The molecule has 0 saturated heterocycles. The first kappa shape index (κ1) is 11.5. The lowest BCUT2D eigenvalue weighted by molar-refractivity contribution is -0.148. The third-order valence-corrected chi connectivity index (χ3v) is 3.71. The molecular weight excluding hydrogens is 277 g/mol. The van der Waals surface area contributed by atoms with Crippen LogP contribution < -0.4 is 5.73 Å². The third kappa shape index (κ3) is 1.55. The summed E-state index contributed by atoms with van der Waals surface area (Å²) in [5.74, 6) is -1.51. The number of nitrogens with two attached hydrogens (primary N) is 1. The van der Waals surface area contributed by atoms with Gasteiger partial charge >= 0.3 is 5.97 Å². The lowest BCUT2D eigenvalue weighted by atomic mass is 9.61. The molecule has 3 nitrogen and oxygen atoms in total. The molecule has 0 radical (unpaired) electrons. The topological polar surface area (TPSA) is 63.3 Å². The molecule has 5 heteroatoms. The molecule has 1 aromatic rings. The van der Waals surface area contributed by atoms with Gasteiger partial charge in [0.2, 0.25) is 0 Å². The molecule has 1 saturated carbocycles. The van der Waals surface area contributed by atoms with Gasteiger partial charge in [0.05, 0.1) is 9.89 Å². The molecule has 0 aromatic heterocycles. The van der Waals surface area contributed by atoms with Crippen molar-refractivity contribution in [2.45, 2.75) is 24.3 Å². The highest BCUT2D eigenvalue weighted by molar-refractivity contribution is 9.10. The number of hydrogen-bond donors (Lipinski definition) is 2. The Labute approximate surface area is 101 Å². The van der Waals surface area contributed by atoms with Crippen LogP contribution in [0, 0.1) is 5.82 Å². The number of halogens is 2. The molecule has 0 heterocycles. The number of carboxylic acids is 1. The monoisotopic (exact) mass is 287 g/mol. The Hall–Kier alpha value is -0.940. The van der Waals surface area contributed by atoms with E-state index < -0.39 is 17.2 Å². The summed E-state index contributed by atoms with van der Waals surface area (Å²) < 4.78 is 14.1. The van der Waals surface area contributed by atoms with Crippen molar-refractivity contribution in [3.05, 3.63) is 34.1 Å². The van der Waals surface area contributed by atoms with Crippen LogP contribution in [0.1, 0.15) is 18.4 Å². The van der Waals surface area contributed by atoms with Gasteiger partial charge in [0, 0.05) is 11.6 Å². The van der Waals surface area contributed by atoms with E-state index in [0.717, 1.165) is 0 Å². The van der Waals surface area contributed by atoms with Gasteiger partial charge in [-0.2, -0.15) is 0 Å². The Morgan fingerprint density at radius 2 is 2.19 bits per heavy atom. The van der Waals surface area contributed by atoms with Gasteiger partial charge in [-0.3, -0.25) is 4.79 Å². The fourth-order valence-electron chi connectivity index (χ4n) is 2.22. The second kappa shape index (κ2) is 3.82. The van der Waals surface area contributed by atoms with Gasteiger partial charge in [0.25, 0.3) is 0 Å². The highest BCUT2D eigenvalue weighted by atomic mass is 79.9. The van der Waals surface area contributed by atoms with Gasteiger partial charge in [-0.15, -0.1) is 0 Å². The molecule has 0 spiro atoms. The van der Waals surface area contributed by atoms with Crippen molar-refractivity contribution in [3.63, 3.8) is 0 Å². The summed E-state index contributed by atoms with van der Waals surface area (Å²) in [6.07, 6.45) is 0.575. The van der Waals surface area contributed by atoms with Crippen molar-refractivity contribution in [1.29, 1.82) is 0 Å². The zero-order chi connectivity index (χ0) is 11.9. The molecule has 1 aliphatic rings. The van der Waals surface area contributed by atoms with Crippen molar-refractivity contribution in [3.8, 4) is 0 Å². The lowest BCUT2D eigenvalue weighted by Crippen LogP contribution is -2.54. The van der Waals surface area contributed by atoms with Crippen LogP contribution in [0.4, 0.5) is 4.39 Å². The predicted molar refractivity (Wildman–Crippen MR) is 60.6 cm³/mol. The molecule has 3 N–H and O–H groups in total. The van der Waals surface area contributed by atoms with E-state index in [-0.39, 0.29) is 28.9 Å². The minimum atomic E-state index is -1.15. The molecule has 2 rings (SSSR count). The maximum Gasteiger partial charge on any atom is 0.314 e. The Balaban J connectivity index is 2.49. The third-order valence-electron chi connectivity index (χ3n) is 3.10. The van der Waals surface area contributed by atoms with E-state index in [1.54, 1.807) is 12.1 Å². The normalized spacial score (nSPS) is 28.6. The van der Waals surface area contributed by atoms with Crippen molar-refractivity contribution in [1.82, 2.24) is 0 Å². The van der Waals surface area contributed by atoms with Crippen LogP contribution in [-0.2, 0) is 10.2 Å². The summed E-state index contributed by atoms with van der Waals surface area (Å²) >= 11 is 3.06. The van der Waals surface area contributed by atoms with E-state index in [2.05, 4.69) is 15.9 Å². The predicted octanol–water partition coefficient (Wildman–Crippen LogP) is 2.03. The van der Waals surface area contributed by atoms with E-state index in [1.165, 1.54) is 6.07 Å². The number of hydrogen-bond acceptors (Lipinski definition) is 2. The van der Waals surface area contributed by atoms with Crippen LogP contribution in [0.5, 0.6) is 0 Å². The number of benzene rings is 1. The van der Waals surface area contributed by atoms with E-state index >= 15 is 0 Å². The Morgan fingerprint density at radius 3 is 2.69 bits per heavy atom. The minimum absolute atomic E-state index is 0.158. The van der Waals surface area contributed by atoms with Gasteiger partial charge in [0.1, 0.15) is 5.82 Å².